The van der Waals surface area contributed by atoms with Crippen LogP contribution in [0.15, 0.2) is 102 Å². The van der Waals surface area contributed by atoms with Crippen LogP contribution in [-0.2, 0) is 5.60 Å². The molecule has 0 bridgehead atoms. The summed E-state index contributed by atoms with van der Waals surface area (Å²) >= 11 is 2.38. The monoisotopic (exact) mass is 597 g/mol. The average Bonchev–Trinajstić information content (AvgIpc) is 2.96. The molecule has 5 heteroatoms. The molecule has 1 unspecified atom stereocenters. The van der Waals surface area contributed by atoms with Crippen molar-refractivity contribution in [1.29, 1.82) is 0 Å². The number of hydrogen-bond donors (Lipinski definition) is 0. The highest BCUT2D eigenvalue weighted by atomic mass is 127. The minimum absolute atomic E-state index is 0.821. The number of halogens is 1. The SMILES string of the molecule is CN(C)c1ccc(C2(c3ccc(N(C)CI)cc3)C=Nc3c(c4ccccc4c4ccccc34)O2)cc1. The molecule has 1 aliphatic heterocycles. The predicted octanol–water partition coefficient (Wildman–Crippen LogP) is 7.93. The van der Waals surface area contributed by atoms with Crippen LogP contribution < -0.4 is 14.5 Å². The molecule has 4 nitrogen and oxygen atoms in total. The van der Waals surface area contributed by atoms with E-state index < -0.39 is 5.60 Å². The molecule has 0 aromatic heterocycles. The lowest BCUT2D eigenvalue weighted by atomic mass is 9.85. The zero-order chi connectivity index (χ0) is 25.6. The van der Waals surface area contributed by atoms with Crippen LogP contribution in [0.25, 0.3) is 21.5 Å². The summed E-state index contributed by atoms with van der Waals surface area (Å²) in [5.74, 6) is 0.821. The van der Waals surface area contributed by atoms with Crippen molar-refractivity contribution in [3.63, 3.8) is 0 Å². The molecule has 5 aromatic carbocycles. The zero-order valence-electron chi connectivity index (χ0n) is 21.1. The van der Waals surface area contributed by atoms with Gasteiger partial charge < -0.3 is 14.5 Å². The van der Waals surface area contributed by atoms with Crippen molar-refractivity contribution in [3.8, 4) is 5.75 Å². The number of ether oxygens (including phenoxy) is 1. The van der Waals surface area contributed by atoms with E-state index in [9.17, 15) is 0 Å². The fraction of sp³-hybridized carbons (Fsp3) is 0.156. The maximum Gasteiger partial charge on any atom is 0.194 e. The van der Waals surface area contributed by atoms with Crippen LogP contribution in [0.2, 0.25) is 0 Å². The van der Waals surface area contributed by atoms with Gasteiger partial charge in [-0.1, -0.05) is 95.4 Å². The third-order valence-electron chi connectivity index (χ3n) is 7.23. The van der Waals surface area contributed by atoms with Crippen LogP contribution in [0.1, 0.15) is 11.1 Å². The summed E-state index contributed by atoms with van der Waals surface area (Å²) in [6.45, 7) is 0. The van der Waals surface area contributed by atoms with E-state index in [2.05, 4.69) is 151 Å². The lowest BCUT2D eigenvalue weighted by Gasteiger charge is -2.36. The van der Waals surface area contributed by atoms with Crippen molar-refractivity contribution in [1.82, 2.24) is 0 Å². The molecular formula is C32H28IN3O. The smallest absolute Gasteiger partial charge is 0.194 e. The van der Waals surface area contributed by atoms with Crippen molar-refractivity contribution < 1.29 is 4.74 Å². The van der Waals surface area contributed by atoms with E-state index in [0.717, 1.165) is 43.6 Å². The molecule has 0 N–H and O–H groups in total. The van der Waals surface area contributed by atoms with Gasteiger partial charge in [0.2, 0.25) is 0 Å². The lowest BCUT2D eigenvalue weighted by molar-refractivity contribution is 0.190. The standard InChI is InChI=1S/C32H28IN3O/c1-35(2)24-16-12-22(13-17-24)32(23-14-18-25(19-15-23)36(3)21-33)20-34-30-28-10-6-4-8-26(28)27-9-5-7-11-29(27)31(30)37-32/h4-20H,21H2,1-3H3. The molecule has 1 atom stereocenters. The van der Waals surface area contributed by atoms with E-state index in [1.165, 1.54) is 16.5 Å². The number of benzene rings is 5. The molecule has 0 spiro atoms. The van der Waals surface area contributed by atoms with E-state index in [4.69, 9.17) is 9.73 Å². The molecule has 0 aliphatic carbocycles. The second-order valence-corrected chi connectivity index (χ2v) is 10.4. The molecule has 1 aliphatic rings. The third kappa shape index (κ3) is 3.93. The molecule has 0 saturated carbocycles. The Morgan fingerprint density at radius 2 is 1.19 bits per heavy atom. The zero-order valence-corrected chi connectivity index (χ0v) is 23.3. The topological polar surface area (TPSA) is 28.1 Å². The van der Waals surface area contributed by atoms with Crippen LogP contribution in [0.3, 0.4) is 0 Å². The summed E-state index contributed by atoms with van der Waals surface area (Å²) in [4.78, 5) is 9.46. The summed E-state index contributed by atoms with van der Waals surface area (Å²) in [5, 5.41) is 4.53. The Morgan fingerprint density at radius 3 is 1.76 bits per heavy atom. The maximum atomic E-state index is 7.16. The van der Waals surface area contributed by atoms with Crippen molar-refractivity contribution in [3.05, 3.63) is 108 Å². The van der Waals surface area contributed by atoms with E-state index in [1.807, 2.05) is 6.21 Å². The average molecular weight is 598 g/mol. The molecule has 184 valence electrons. The number of anilines is 2. The van der Waals surface area contributed by atoms with Gasteiger partial charge >= 0.3 is 0 Å². The lowest BCUT2D eigenvalue weighted by Crippen LogP contribution is -2.38. The van der Waals surface area contributed by atoms with E-state index >= 15 is 0 Å². The number of rotatable bonds is 5. The van der Waals surface area contributed by atoms with E-state index in [-0.39, 0.29) is 0 Å². The van der Waals surface area contributed by atoms with Gasteiger partial charge in [-0.15, -0.1) is 0 Å². The Balaban J connectivity index is 1.59. The second kappa shape index (κ2) is 9.38. The van der Waals surface area contributed by atoms with Gasteiger partial charge in [-0.3, -0.25) is 4.99 Å². The molecule has 37 heavy (non-hydrogen) atoms. The number of nitrogens with zero attached hydrogens (tertiary/aromatic N) is 3. The van der Waals surface area contributed by atoms with Crippen molar-refractivity contribution in [2.45, 2.75) is 5.60 Å². The molecular weight excluding hydrogens is 569 g/mol. The van der Waals surface area contributed by atoms with Crippen molar-refractivity contribution in [2.75, 3.05) is 35.5 Å². The van der Waals surface area contributed by atoms with Gasteiger partial charge in [0, 0.05) is 54.4 Å². The first-order chi connectivity index (χ1) is 18.0. The number of fused-ring (bicyclic) bond motifs is 6. The highest BCUT2D eigenvalue weighted by Crippen LogP contribution is 2.50. The van der Waals surface area contributed by atoms with Crippen LogP contribution in [0.4, 0.5) is 17.1 Å². The number of alkyl halides is 1. The summed E-state index contributed by atoms with van der Waals surface area (Å²) in [5.41, 5.74) is 4.42. The fourth-order valence-electron chi connectivity index (χ4n) is 5.14. The number of hydrogen-bond acceptors (Lipinski definition) is 4. The van der Waals surface area contributed by atoms with Crippen molar-refractivity contribution in [2.24, 2.45) is 4.99 Å². The summed E-state index contributed by atoms with van der Waals surface area (Å²) < 4.78 is 8.08. The van der Waals surface area contributed by atoms with Gasteiger partial charge in [0.15, 0.2) is 11.4 Å². The Hall–Kier alpha value is -3.58. The molecule has 6 rings (SSSR count). The van der Waals surface area contributed by atoms with Crippen LogP contribution >= 0.6 is 22.6 Å². The third-order valence-corrected chi connectivity index (χ3v) is 8.25. The highest BCUT2D eigenvalue weighted by Gasteiger charge is 2.39. The first-order valence-electron chi connectivity index (χ1n) is 12.3. The van der Waals surface area contributed by atoms with Gasteiger partial charge in [-0.2, -0.15) is 0 Å². The molecule has 1 heterocycles. The van der Waals surface area contributed by atoms with Gasteiger partial charge in [-0.05, 0) is 35.0 Å². The summed E-state index contributed by atoms with van der Waals surface area (Å²) in [6.07, 6.45) is 1.98. The Kier molecular flexibility index (Phi) is 6.03. The first kappa shape index (κ1) is 23.8. The van der Waals surface area contributed by atoms with Crippen LogP contribution in [0.5, 0.6) is 5.75 Å². The largest absolute Gasteiger partial charge is 0.469 e. The minimum atomic E-state index is -0.857. The highest BCUT2D eigenvalue weighted by molar-refractivity contribution is 14.1. The van der Waals surface area contributed by atoms with E-state index in [0.29, 0.717) is 0 Å². The molecule has 0 amide bonds. The molecule has 0 radical (unpaired) electrons. The summed E-state index contributed by atoms with van der Waals surface area (Å²) in [6, 6.07) is 34.2. The van der Waals surface area contributed by atoms with Gasteiger partial charge in [0.1, 0.15) is 5.69 Å². The normalized spacial score (nSPS) is 16.4. The second-order valence-electron chi connectivity index (χ2n) is 9.67. The van der Waals surface area contributed by atoms with Crippen LogP contribution in [0, 0.1) is 0 Å². The maximum absolute atomic E-state index is 7.16. The predicted molar refractivity (Wildman–Crippen MR) is 166 cm³/mol. The molecule has 5 aromatic rings. The Bertz CT molecular complexity index is 1630. The van der Waals surface area contributed by atoms with Gasteiger partial charge in [0.25, 0.3) is 0 Å². The fourth-order valence-corrected chi connectivity index (χ4v) is 5.53. The quantitative estimate of drug-likeness (QED) is 0.0892. The van der Waals surface area contributed by atoms with Gasteiger partial charge in [-0.25, -0.2) is 0 Å². The van der Waals surface area contributed by atoms with Crippen molar-refractivity contribution >= 4 is 67.4 Å². The Morgan fingerprint density at radius 1 is 0.676 bits per heavy atom. The van der Waals surface area contributed by atoms with Gasteiger partial charge in [0.05, 0.1) is 10.8 Å². The minimum Gasteiger partial charge on any atom is -0.469 e. The summed E-state index contributed by atoms with van der Waals surface area (Å²) in [7, 11) is 6.21. The first-order valence-corrected chi connectivity index (χ1v) is 13.9. The van der Waals surface area contributed by atoms with Crippen LogP contribution in [-0.4, -0.2) is 31.9 Å². The molecule has 0 saturated heterocycles. The number of aliphatic imine (C=N–C) groups is 1. The van der Waals surface area contributed by atoms with E-state index in [1.54, 1.807) is 0 Å². The Labute approximate surface area is 231 Å². The molecule has 0 fully saturated rings.